The van der Waals surface area contributed by atoms with E-state index in [0.29, 0.717) is 17.3 Å². The summed E-state index contributed by atoms with van der Waals surface area (Å²) in [6.45, 7) is 0. The van der Waals surface area contributed by atoms with E-state index in [2.05, 4.69) is 26.7 Å². The van der Waals surface area contributed by atoms with Crippen molar-refractivity contribution in [1.29, 1.82) is 5.26 Å². The molecule has 0 radical (unpaired) electrons. The van der Waals surface area contributed by atoms with Crippen LogP contribution < -0.4 is 15.4 Å². The lowest BCUT2D eigenvalue weighted by atomic mass is 10.2. The molecule has 0 saturated carbocycles. The molecule has 29 heavy (non-hydrogen) atoms. The summed E-state index contributed by atoms with van der Waals surface area (Å²) >= 11 is 0. The van der Waals surface area contributed by atoms with E-state index in [1.54, 1.807) is 24.4 Å². The van der Waals surface area contributed by atoms with Crippen LogP contribution in [-0.2, 0) is 0 Å². The summed E-state index contributed by atoms with van der Waals surface area (Å²) in [5.74, 6) is 2.66. The first-order valence-electron chi connectivity index (χ1n) is 8.99. The van der Waals surface area contributed by atoms with E-state index in [0.717, 1.165) is 22.9 Å². The smallest absolute Gasteiger partial charge is 0.229 e. The van der Waals surface area contributed by atoms with Crippen molar-refractivity contribution in [1.82, 2.24) is 9.97 Å². The molecule has 0 atom stereocenters. The van der Waals surface area contributed by atoms with Crippen LogP contribution in [0, 0.1) is 11.3 Å². The normalized spacial score (nSPS) is 10.0. The summed E-state index contributed by atoms with van der Waals surface area (Å²) in [4.78, 5) is 8.72. The van der Waals surface area contributed by atoms with Crippen LogP contribution in [0.2, 0.25) is 0 Å². The molecule has 0 fully saturated rings. The van der Waals surface area contributed by atoms with Gasteiger partial charge in [-0.2, -0.15) is 10.2 Å². The summed E-state index contributed by atoms with van der Waals surface area (Å²) in [5.41, 5.74) is 2.30. The highest BCUT2D eigenvalue weighted by molar-refractivity contribution is 5.60. The maximum atomic E-state index is 8.88. The van der Waals surface area contributed by atoms with Gasteiger partial charge in [0.05, 0.1) is 11.6 Å². The number of hydrogen-bond acceptors (Lipinski definition) is 6. The third kappa shape index (κ3) is 4.87. The van der Waals surface area contributed by atoms with E-state index in [9.17, 15) is 0 Å². The van der Waals surface area contributed by atoms with Crippen molar-refractivity contribution in [3.05, 3.63) is 96.7 Å². The van der Waals surface area contributed by atoms with Crippen molar-refractivity contribution in [3.8, 4) is 17.6 Å². The number of benzene rings is 3. The van der Waals surface area contributed by atoms with Crippen molar-refractivity contribution in [3.63, 3.8) is 0 Å². The fourth-order valence-corrected chi connectivity index (χ4v) is 2.62. The van der Waals surface area contributed by atoms with Gasteiger partial charge >= 0.3 is 0 Å². The number of aromatic nitrogens is 2. The summed E-state index contributed by atoms with van der Waals surface area (Å²) in [5, 5.41) is 15.3. The Balaban J connectivity index is 1.41. The molecule has 6 nitrogen and oxygen atoms in total. The van der Waals surface area contributed by atoms with Crippen molar-refractivity contribution < 1.29 is 4.74 Å². The molecule has 0 amide bonds. The number of ether oxygens (including phenoxy) is 1. The van der Waals surface area contributed by atoms with Crippen LogP contribution in [0.15, 0.2) is 91.1 Å². The number of nitrogens with one attached hydrogen (secondary N) is 2. The van der Waals surface area contributed by atoms with Crippen LogP contribution in [0.5, 0.6) is 11.5 Å². The molecule has 140 valence electrons. The zero-order valence-corrected chi connectivity index (χ0v) is 15.4. The van der Waals surface area contributed by atoms with Crippen LogP contribution >= 0.6 is 0 Å². The van der Waals surface area contributed by atoms with Crippen LogP contribution in [0.4, 0.5) is 23.1 Å². The van der Waals surface area contributed by atoms with Gasteiger partial charge in [-0.15, -0.1) is 0 Å². The zero-order valence-electron chi connectivity index (χ0n) is 15.4. The molecular weight excluding hydrogens is 362 g/mol. The topological polar surface area (TPSA) is 82.9 Å². The lowest BCUT2D eigenvalue weighted by Gasteiger charge is -2.09. The summed E-state index contributed by atoms with van der Waals surface area (Å²) in [6, 6.07) is 28.3. The molecule has 4 rings (SSSR count). The number of nitrogens with zero attached hydrogens (tertiary/aromatic N) is 3. The lowest BCUT2D eigenvalue weighted by molar-refractivity contribution is 0.483. The van der Waals surface area contributed by atoms with Crippen molar-refractivity contribution in [2.75, 3.05) is 10.6 Å². The zero-order chi connectivity index (χ0) is 19.9. The number of para-hydroxylation sites is 1. The Morgan fingerprint density at radius 1 is 0.724 bits per heavy atom. The molecule has 0 unspecified atom stereocenters. The molecule has 0 aliphatic rings. The maximum absolute atomic E-state index is 8.88. The quantitative estimate of drug-likeness (QED) is 0.452. The maximum Gasteiger partial charge on any atom is 0.229 e. The van der Waals surface area contributed by atoms with Gasteiger partial charge in [0.2, 0.25) is 5.95 Å². The van der Waals surface area contributed by atoms with Crippen molar-refractivity contribution in [2.45, 2.75) is 0 Å². The molecule has 1 heterocycles. The highest BCUT2D eigenvalue weighted by atomic mass is 16.5. The standard InChI is InChI=1S/C23H17N5O/c24-16-17-6-8-18(9-7-17)26-22-14-15-25-23(28-22)27-19-10-12-21(13-11-19)29-20-4-2-1-3-5-20/h1-15H,(H2,25,26,27,28). The largest absolute Gasteiger partial charge is 0.457 e. The lowest BCUT2D eigenvalue weighted by Crippen LogP contribution is -2.00. The third-order valence-corrected chi connectivity index (χ3v) is 4.03. The average molecular weight is 379 g/mol. The second-order valence-corrected chi connectivity index (χ2v) is 6.14. The highest BCUT2D eigenvalue weighted by Gasteiger charge is 2.03. The number of rotatable bonds is 6. The van der Waals surface area contributed by atoms with E-state index >= 15 is 0 Å². The van der Waals surface area contributed by atoms with Crippen LogP contribution in [0.1, 0.15) is 5.56 Å². The molecule has 3 aromatic carbocycles. The predicted molar refractivity (Wildman–Crippen MR) is 113 cm³/mol. The molecule has 0 saturated heterocycles. The minimum Gasteiger partial charge on any atom is -0.457 e. The minimum absolute atomic E-state index is 0.473. The first kappa shape index (κ1) is 18.0. The Labute approximate surface area is 168 Å². The van der Waals surface area contributed by atoms with Gasteiger partial charge in [0.25, 0.3) is 0 Å². The van der Waals surface area contributed by atoms with Gasteiger partial charge in [0.15, 0.2) is 0 Å². The van der Waals surface area contributed by atoms with Gasteiger partial charge in [0, 0.05) is 17.6 Å². The highest BCUT2D eigenvalue weighted by Crippen LogP contribution is 2.24. The van der Waals surface area contributed by atoms with Gasteiger partial charge in [-0.3, -0.25) is 0 Å². The van der Waals surface area contributed by atoms with Gasteiger partial charge in [-0.25, -0.2) is 4.98 Å². The Kier molecular flexibility index (Phi) is 5.31. The fourth-order valence-electron chi connectivity index (χ4n) is 2.62. The minimum atomic E-state index is 0.473. The van der Waals surface area contributed by atoms with E-state index in [-0.39, 0.29) is 0 Å². The second kappa shape index (κ2) is 8.55. The van der Waals surface area contributed by atoms with Gasteiger partial charge < -0.3 is 15.4 Å². The summed E-state index contributed by atoms with van der Waals surface area (Å²) < 4.78 is 5.80. The summed E-state index contributed by atoms with van der Waals surface area (Å²) in [7, 11) is 0. The summed E-state index contributed by atoms with van der Waals surface area (Å²) in [6.07, 6.45) is 1.67. The Hall–Kier alpha value is -4.37. The molecule has 0 aliphatic carbocycles. The first-order chi connectivity index (χ1) is 14.3. The molecule has 0 aliphatic heterocycles. The van der Waals surface area contributed by atoms with Crippen molar-refractivity contribution >= 4 is 23.1 Å². The van der Waals surface area contributed by atoms with Crippen LogP contribution in [0.25, 0.3) is 0 Å². The molecule has 4 aromatic rings. The van der Waals surface area contributed by atoms with Crippen LogP contribution in [0.3, 0.4) is 0 Å². The SMILES string of the molecule is N#Cc1ccc(Nc2ccnc(Nc3ccc(Oc4ccccc4)cc3)n2)cc1. The first-order valence-corrected chi connectivity index (χ1v) is 8.99. The Bertz CT molecular complexity index is 1120. The van der Waals surface area contributed by atoms with E-state index in [1.807, 2.05) is 66.7 Å². The monoisotopic (exact) mass is 379 g/mol. The van der Waals surface area contributed by atoms with E-state index in [4.69, 9.17) is 10.00 Å². The molecule has 1 aromatic heterocycles. The Morgan fingerprint density at radius 2 is 1.38 bits per heavy atom. The van der Waals surface area contributed by atoms with E-state index < -0.39 is 0 Å². The predicted octanol–water partition coefficient (Wildman–Crippen LogP) is 5.63. The Morgan fingerprint density at radius 3 is 2.10 bits per heavy atom. The molecule has 0 spiro atoms. The molecule has 2 N–H and O–H groups in total. The average Bonchev–Trinajstić information content (AvgIpc) is 2.77. The van der Waals surface area contributed by atoms with Gasteiger partial charge in [-0.1, -0.05) is 18.2 Å². The van der Waals surface area contributed by atoms with Gasteiger partial charge in [-0.05, 0) is 66.7 Å². The molecule has 6 heteroatoms. The fraction of sp³-hybridized carbons (Fsp3) is 0. The van der Waals surface area contributed by atoms with Crippen LogP contribution in [-0.4, -0.2) is 9.97 Å². The van der Waals surface area contributed by atoms with Gasteiger partial charge in [0.1, 0.15) is 17.3 Å². The number of anilines is 4. The van der Waals surface area contributed by atoms with Crippen molar-refractivity contribution in [2.24, 2.45) is 0 Å². The second-order valence-electron chi connectivity index (χ2n) is 6.14. The molecular formula is C23H17N5O. The molecule has 0 bridgehead atoms. The number of hydrogen-bond donors (Lipinski definition) is 2. The third-order valence-electron chi connectivity index (χ3n) is 4.03. The number of nitriles is 1. The van der Waals surface area contributed by atoms with E-state index in [1.165, 1.54) is 0 Å².